The van der Waals surface area contributed by atoms with Crippen LogP contribution in [0, 0.1) is 17.0 Å². The maximum Gasteiger partial charge on any atom is 0.233 e. The molecule has 0 saturated heterocycles. The molecule has 2 aliphatic carbocycles. The number of rotatable bonds is 2. The Balaban J connectivity index is 1.58. The lowest BCUT2D eigenvalue weighted by Crippen LogP contribution is -2.38. The zero-order valence-corrected chi connectivity index (χ0v) is 16.6. The van der Waals surface area contributed by atoms with Gasteiger partial charge in [0.2, 0.25) is 5.78 Å². The summed E-state index contributed by atoms with van der Waals surface area (Å²) in [4.78, 5) is 9.19. The van der Waals surface area contributed by atoms with Crippen LogP contribution in [0.25, 0.3) is 17.0 Å². The smallest absolute Gasteiger partial charge is 0.233 e. The number of benzene rings is 1. The Hall–Kier alpha value is -3.22. The fourth-order valence-electron chi connectivity index (χ4n) is 5.80. The Bertz CT molecular complexity index is 1310. The highest BCUT2D eigenvalue weighted by Gasteiger charge is 2.65. The van der Waals surface area contributed by atoms with Gasteiger partial charge in [-0.3, -0.25) is 4.40 Å². The second kappa shape index (κ2) is 5.68. The van der Waals surface area contributed by atoms with Gasteiger partial charge in [-0.2, -0.15) is 5.10 Å². The molecule has 0 spiro atoms. The van der Waals surface area contributed by atoms with Gasteiger partial charge < -0.3 is 0 Å². The fraction of sp³-hybridized carbons (Fsp3) is 0.304. The van der Waals surface area contributed by atoms with Gasteiger partial charge in [0.25, 0.3) is 0 Å². The van der Waals surface area contributed by atoms with Crippen LogP contribution in [0.3, 0.4) is 0 Å². The van der Waals surface area contributed by atoms with Crippen LogP contribution in [0.2, 0.25) is 0 Å². The van der Waals surface area contributed by atoms with Crippen molar-refractivity contribution in [1.82, 2.24) is 24.6 Å². The number of aromatic nitrogens is 5. The number of imidazole rings is 1. The standard InChI is InChI=1S/C23H19F2N5/c1-22(2)14-6-8-23(22,18-7-10-30-11-9-26-21(30)27-18)20-13(14)12-17(28-29-20)19-15(24)4-3-5-16(19)25/h3-5,7,9-12,14H,6,8H2,1-2H3/t14-,23+/m0/s1. The lowest BCUT2D eigenvalue weighted by atomic mass is 9.66. The van der Waals surface area contributed by atoms with Crippen molar-refractivity contribution in [2.24, 2.45) is 5.41 Å². The molecule has 3 aromatic heterocycles. The largest absolute Gasteiger partial charge is 0.291 e. The third-order valence-corrected chi connectivity index (χ3v) is 7.30. The molecule has 5 nitrogen and oxygen atoms in total. The van der Waals surface area contributed by atoms with Crippen molar-refractivity contribution in [3.63, 3.8) is 0 Å². The molecular weight excluding hydrogens is 384 g/mol. The Labute approximate surface area is 171 Å². The number of halogens is 2. The summed E-state index contributed by atoms with van der Waals surface area (Å²) in [6.45, 7) is 4.46. The van der Waals surface area contributed by atoms with E-state index in [9.17, 15) is 8.78 Å². The summed E-state index contributed by atoms with van der Waals surface area (Å²) in [7, 11) is 0. The SMILES string of the molecule is CC1(C)[C@H]2CC[C@@]1(c1ccn3ccnc3n1)c1nnc(-c3c(F)cccc3F)cc12. The quantitative estimate of drug-likeness (QED) is 0.488. The molecule has 2 aliphatic rings. The first-order valence-corrected chi connectivity index (χ1v) is 10.1. The minimum absolute atomic E-state index is 0.126. The number of hydrogen-bond acceptors (Lipinski definition) is 4. The van der Waals surface area contributed by atoms with E-state index in [1.165, 1.54) is 18.2 Å². The molecule has 150 valence electrons. The lowest BCUT2D eigenvalue weighted by Gasteiger charge is -2.37. The number of nitrogens with zero attached hydrogens (tertiary/aromatic N) is 5. The molecule has 4 aromatic rings. The molecule has 0 N–H and O–H groups in total. The molecule has 0 unspecified atom stereocenters. The molecule has 1 fully saturated rings. The van der Waals surface area contributed by atoms with Crippen LogP contribution >= 0.6 is 0 Å². The van der Waals surface area contributed by atoms with E-state index in [1.807, 2.05) is 28.9 Å². The predicted molar refractivity (Wildman–Crippen MR) is 107 cm³/mol. The second-order valence-corrected chi connectivity index (χ2v) is 8.80. The summed E-state index contributed by atoms with van der Waals surface area (Å²) in [5.41, 5.74) is 2.36. The first kappa shape index (κ1) is 17.6. The molecule has 2 bridgehead atoms. The highest BCUT2D eigenvalue weighted by atomic mass is 19.1. The van der Waals surface area contributed by atoms with E-state index in [2.05, 4.69) is 29.0 Å². The van der Waals surface area contributed by atoms with E-state index >= 15 is 0 Å². The van der Waals surface area contributed by atoms with E-state index in [1.54, 1.807) is 6.20 Å². The average molecular weight is 403 g/mol. The van der Waals surface area contributed by atoms with E-state index in [-0.39, 0.29) is 22.6 Å². The minimum atomic E-state index is -0.632. The highest BCUT2D eigenvalue weighted by molar-refractivity contribution is 5.64. The van der Waals surface area contributed by atoms with Crippen LogP contribution in [0.1, 0.15) is 49.6 Å². The van der Waals surface area contributed by atoms with Gasteiger partial charge in [-0.1, -0.05) is 19.9 Å². The van der Waals surface area contributed by atoms with Crippen LogP contribution < -0.4 is 0 Å². The number of fused-ring (bicyclic) bond motifs is 6. The molecule has 3 heterocycles. The third kappa shape index (κ3) is 2.00. The van der Waals surface area contributed by atoms with Crippen LogP contribution in [-0.4, -0.2) is 24.6 Å². The van der Waals surface area contributed by atoms with E-state index in [0.717, 1.165) is 29.8 Å². The summed E-state index contributed by atoms with van der Waals surface area (Å²) >= 11 is 0. The molecule has 0 aliphatic heterocycles. The molecule has 1 saturated carbocycles. The Morgan fingerprint density at radius 2 is 1.87 bits per heavy atom. The van der Waals surface area contributed by atoms with Gasteiger partial charge in [-0.25, -0.2) is 18.7 Å². The Kier molecular flexibility index (Phi) is 3.34. The fourth-order valence-corrected chi connectivity index (χ4v) is 5.80. The third-order valence-electron chi connectivity index (χ3n) is 7.30. The zero-order chi connectivity index (χ0) is 20.7. The molecule has 30 heavy (non-hydrogen) atoms. The molecular formula is C23H19F2N5. The van der Waals surface area contributed by atoms with Crippen molar-refractivity contribution in [3.05, 3.63) is 77.5 Å². The maximum absolute atomic E-state index is 14.4. The van der Waals surface area contributed by atoms with Crippen molar-refractivity contribution in [1.29, 1.82) is 0 Å². The topological polar surface area (TPSA) is 56.0 Å². The minimum Gasteiger partial charge on any atom is -0.291 e. The monoisotopic (exact) mass is 403 g/mol. The van der Waals surface area contributed by atoms with Crippen molar-refractivity contribution in [3.8, 4) is 11.3 Å². The van der Waals surface area contributed by atoms with Gasteiger partial charge in [-0.05, 0) is 54.0 Å². The summed E-state index contributed by atoms with van der Waals surface area (Å²) in [5, 5.41) is 8.83. The van der Waals surface area contributed by atoms with Gasteiger partial charge in [0.1, 0.15) is 11.6 Å². The summed E-state index contributed by atoms with van der Waals surface area (Å²) in [6, 6.07) is 7.70. The summed E-state index contributed by atoms with van der Waals surface area (Å²) in [6.07, 6.45) is 7.43. The first-order chi connectivity index (χ1) is 14.4. The van der Waals surface area contributed by atoms with Crippen LogP contribution in [0.15, 0.2) is 48.9 Å². The first-order valence-electron chi connectivity index (χ1n) is 10.1. The van der Waals surface area contributed by atoms with E-state index < -0.39 is 17.0 Å². The molecule has 7 heteroatoms. The van der Waals surface area contributed by atoms with Gasteiger partial charge in [0, 0.05) is 18.6 Å². The van der Waals surface area contributed by atoms with E-state index in [0.29, 0.717) is 5.78 Å². The average Bonchev–Trinajstić information content (AvgIpc) is 3.35. The Morgan fingerprint density at radius 1 is 1.07 bits per heavy atom. The van der Waals surface area contributed by atoms with Gasteiger partial charge in [0.15, 0.2) is 0 Å². The predicted octanol–water partition coefficient (Wildman–Crippen LogP) is 4.67. The highest BCUT2D eigenvalue weighted by Crippen LogP contribution is 2.69. The van der Waals surface area contributed by atoms with Crippen molar-refractivity contribution >= 4 is 5.78 Å². The number of hydrogen-bond donors (Lipinski definition) is 0. The molecule has 1 aromatic carbocycles. The molecule has 6 rings (SSSR count). The van der Waals surface area contributed by atoms with Crippen molar-refractivity contribution < 1.29 is 8.78 Å². The van der Waals surface area contributed by atoms with Crippen LogP contribution in [0.4, 0.5) is 8.78 Å². The summed E-state index contributed by atoms with van der Waals surface area (Å²) in [5.74, 6) is -0.400. The Morgan fingerprint density at radius 3 is 2.67 bits per heavy atom. The second-order valence-electron chi connectivity index (χ2n) is 8.80. The molecule has 0 radical (unpaired) electrons. The molecule has 2 atom stereocenters. The van der Waals surface area contributed by atoms with Gasteiger partial charge in [0.05, 0.1) is 28.1 Å². The maximum atomic E-state index is 14.4. The van der Waals surface area contributed by atoms with Gasteiger partial charge in [-0.15, -0.1) is 5.10 Å². The molecule has 0 amide bonds. The lowest BCUT2D eigenvalue weighted by molar-refractivity contribution is 0.243. The van der Waals surface area contributed by atoms with Crippen molar-refractivity contribution in [2.45, 2.75) is 38.0 Å². The van der Waals surface area contributed by atoms with E-state index in [4.69, 9.17) is 4.98 Å². The van der Waals surface area contributed by atoms with Crippen LogP contribution in [0.5, 0.6) is 0 Å². The summed E-state index contributed by atoms with van der Waals surface area (Å²) < 4.78 is 30.6. The van der Waals surface area contributed by atoms with Gasteiger partial charge >= 0.3 is 0 Å². The normalized spacial score (nSPS) is 23.8. The van der Waals surface area contributed by atoms with Crippen molar-refractivity contribution in [2.75, 3.05) is 0 Å². The van der Waals surface area contributed by atoms with Crippen LogP contribution in [-0.2, 0) is 5.41 Å². The zero-order valence-electron chi connectivity index (χ0n) is 16.6.